The molecule has 0 radical (unpaired) electrons. The SMILES string of the molecule is BrCc1cc(Br)c(OCC2CCOC2)c(Br)c1. The Morgan fingerprint density at radius 3 is 2.53 bits per heavy atom. The highest BCUT2D eigenvalue weighted by Crippen LogP contribution is 2.35. The van der Waals surface area contributed by atoms with Crippen LogP contribution in [0.1, 0.15) is 12.0 Å². The summed E-state index contributed by atoms with van der Waals surface area (Å²) in [6, 6.07) is 4.14. The lowest BCUT2D eigenvalue weighted by Gasteiger charge is -2.14. The van der Waals surface area contributed by atoms with E-state index in [1.165, 1.54) is 5.56 Å². The van der Waals surface area contributed by atoms with Gasteiger partial charge in [-0.15, -0.1) is 0 Å². The van der Waals surface area contributed by atoms with E-state index in [-0.39, 0.29) is 0 Å². The Hall–Kier alpha value is 0.420. The summed E-state index contributed by atoms with van der Waals surface area (Å²) in [6.07, 6.45) is 1.09. The molecule has 0 saturated carbocycles. The number of benzene rings is 1. The minimum atomic E-state index is 0.518. The second-order valence-corrected chi connectivity index (χ2v) is 6.33. The number of ether oxygens (including phenoxy) is 2. The van der Waals surface area contributed by atoms with Crippen LogP contribution in [0.25, 0.3) is 0 Å². The second-order valence-electron chi connectivity index (χ2n) is 4.06. The molecular formula is C12H13Br3O2. The molecule has 94 valence electrons. The van der Waals surface area contributed by atoms with E-state index in [2.05, 4.69) is 59.9 Å². The summed E-state index contributed by atoms with van der Waals surface area (Å²) in [5, 5.41) is 0.834. The molecule has 1 saturated heterocycles. The fraction of sp³-hybridized carbons (Fsp3) is 0.500. The fourth-order valence-electron chi connectivity index (χ4n) is 1.74. The monoisotopic (exact) mass is 426 g/mol. The molecule has 5 heteroatoms. The average Bonchev–Trinajstić information content (AvgIpc) is 2.80. The van der Waals surface area contributed by atoms with Gasteiger partial charge in [0.05, 0.1) is 22.2 Å². The summed E-state index contributed by atoms with van der Waals surface area (Å²) in [5.74, 6) is 1.39. The van der Waals surface area contributed by atoms with Crippen molar-refractivity contribution in [3.05, 3.63) is 26.6 Å². The molecule has 1 unspecified atom stereocenters. The van der Waals surface area contributed by atoms with E-state index in [0.29, 0.717) is 12.5 Å². The molecule has 1 aromatic rings. The van der Waals surface area contributed by atoms with Crippen LogP contribution in [0.15, 0.2) is 21.1 Å². The fourth-order valence-corrected chi connectivity index (χ4v) is 3.58. The van der Waals surface area contributed by atoms with Crippen LogP contribution in [0, 0.1) is 5.92 Å². The highest BCUT2D eigenvalue weighted by Gasteiger charge is 2.17. The number of hydrogen-bond acceptors (Lipinski definition) is 2. The third-order valence-electron chi connectivity index (χ3n) is 2.70. The van der Waals surface area contributed by atoms with Crippen molar-refractivity contribution in [3.63, 3.8) is 0 Å². The van der Waals surface area contributed by atoms with Gasteiger partial charge >= 0.3 is 0 Å². The number of halogens is 3. The predicted octanol–water partition coefficient (Wildman–Crippen LogP) is 4.52. The molecule has 0 aliphatic carbocycles. The van der Waals surface area contributed by atoms with Gasteiger partial charge in [0.25, 0.3) is 0 Å². The van der Waals surface area contributed by atoms with Gasteiger partial charge in [-0.05, 0) is 56.0 Å². The lowest BCUT2D eigenvalue weighted by Crippen LogP contribution is -2.12. The number of alkyl halides is 1. The molecule has 1 heterocycles. The van der Waals surface area contributed by atoms with Gasteiger partial charge in [-0.25, -0.2) is 0 Å². The van der Waals surface area contributed by atoms with Crippen molar-refractivity contribution < 1.29 is 9.47 Å². The summed E-state index contributed by atoms with van der Waals surface area (Å²) in [4.78, 5) is 0. The Bertz CT molecular complexity index is 366. The minimum absolute atomic E-state index is 0.518. The Kier molecular flexibility index (Phi) is 5.33. The van der Waals surface area contributed by atoms with Gasteiger partial charge < -0.3 is 9.47 Å². The van der Waals surface area contributed by atoms with E-state index in [1.54, 1.807) is 0 Å². The van der Waals surface area contributed by atoms with E-state index in [9.17, 15) is 0 Å². The smallest absolute Gasteiger partial charge is 0.147 e. The molecule has 1 aliphatic heterocycles. The molecular weight excluding hydrogens is 416 g/mol. The van der Waals surface area contributed by atoms with Crippen LogP contribution < -0.4 is 4.74 Å². The van der Waals surface area contributed by atoms with Crippen molar-refractivity contribution in [2.75, 3.05) is 19.8 Å². The molecule has 2 nitrogen and oxygen atoms in total. The largest absolute Gasteiger partial charge is 0.491 e. The third kappa shape index (κ3) is 3.69. The van der Waals surface area contributed by atoms with Gasteiger partial charge in [-0.2, -0.15) is 0 Å². The van der Waals surface area contributed by atoms with Crippen molar-refractivity contribution in [1.82, 2.24) is 0 Å². The lowest BCUT2D eigenvalue weighted by atomic mass is 10.1. The van der Waals surface area contributed by atoms with Crippen LogP contribution in [0.2, 0.25) is 0 Å². The number of rotatable bonds is 4. The van der Waals surface area contributed by atoms with Crippen molar-refractivity contribution in [1.29, 1.82) is 0 Å². The maximum absolute atomic E-state index is 5.86. The Morgan fingerprint density at radius 1 is 1.29 bits per heavy atom. The summed E-state index contributed by atoms with van der Waals surface area (Å²) >= 11 is 10.5. The van der Waals surface area contributed by atoms with E-state index < -0.39 is 0 Å². The standard InChI is InChI=1S/C12H13Br3O2/c13-5-9-3-10(14)12(11(15)4-9)17-7-8-1-2-16-6-8/h3-4,8H,1-2,5-7H2. The predicted molar refractivity (Wildman–Crippen MR) is 78.9 cm³/mol. The highest BCUT2D eigenvalue weighted by atomic mass is 79.9. The van der Waals surface area contributed by atoms with Crippen molar-refractivity contribution in [3.8, 4) is 5.75 Å². The van der Waals surface area contributed by atoms with Crippen LogP contribution in [0.5, 0.6) is 5.75 Å². The first-order chi connectivity index (χ1) is 8.20. The van der Waals surface area contributed by atoms with Crippen molar-refractivity contribution >= 4 is 47.8 Å². The Labute approximate surface area is 126 Å². The van der Waals surface area contributed by atoms with Crippen LogP contribution in [0.4, 0.5) is 0 Å². The Balaban J connectivity index is 2.04. The van der Waals surface area contributed by atoms with E-state index >= 15 is 0 Å². The van der Waals surface area contributed by atoms with Gasteiger partial charge in [-0.3, -0.25) is 0 Å². The van der Waals surface area contributed by atoms with E-state index in [1.807, 2.05) is 0 Å². The van der Waals surface area contributed by atoms with Gasteiger partial charge in [0.2, 0.25) is 0 Å². The molecule has 1 aliphatic rings. The maximum atomic E-state index is 5.86. The summed E-state index contributed by atoms with van der Waals surface area (Å²) < 4.78 is 13.2. The first-order valence-corrected chi connectivity index (χ1v) is 8.16. The zero-order valence-corrected chi connectivity index (χ0v) is 14.0. The summed E-state index contributed by atoms with van der Waals surface area (Å²) in [5.41, 5.74) is 1.21. The molecule has 1 fully saturated rings. The third-order valence-corrected chi connectivity index (χ3v) is 4.53. The second kappa shape index (κ2) is 6.55. The molecule has 1 atom stereocenters. The molecule has 0 aromatic heterocycles. The van der Waals surface area contributed by atoms with Crippen LogP contribution in [-0.2, 0) is 10.1 Å². The summed E-state index contributed by atoms with van der Waals surface area (Å²) in [7, 11) is 0. The quantitative estimate of drug-likeness (QED) is 0.656. The van der Waals surface area contributed by atoms with Crippen molar-refractivity contribution in [2.24, 2.45) is 5.92 Å². The molecule has 17 heavy (non-hydrogen) atoms. The Morgan fingerprint density at radius 2 is 2.00 bits per heavy atom. The van der Waals surface area contributed by atoms with Gasteiger partial charge in [0.1, 0.15) is 5.75 Å². The van der Waals surface area contributed by atoms with E-state index in [4.69, 9.17) is 9.47 Å². The van der Waals surface area contributed by atoms with Crippen LogP contribution >= 0.6 is 47.8 Å². The molecule has 0 spiro atoms. The summed E-state index contributed by atoms with van der Waals surface area (Å²) in [6.45, 7) is 2.39. The zero-order valence-electron chi connectivity index (χ0n) is 9.22. The molecule has 0 bridgehead atoms. The number of hydrogen-bond donors (Lipinski definition) is 0. The molecule has 0 N–H and O–H groups in total. The average molecular weight is 429 g/mol. The van der Waals surface area contributed by atoms with Crippen LogP contribution in [-0.4, -0.2) is 19.8 Å². The molecule has 1 aromatic carbocycles. The lowest BCUT2D eigenvalue weighted by molar-refractivity contribution is 0.166. The minimum Gasteiger partial charge on any atom is -0.491 e. The molecule has 2 rings (SSSR count). The van der Waals surface area contributed by atoms with Crippen molar-refractivity contribution in [2.45, 2.75) is 11.8 Å². The van der Waals surface area contributed by atoms with Gasteiger partial charge in [0.15, 0.2) is 0 Å². The maximum Gasteiger partial charge on any atom is 0.147 e. The first kappa shape index (κ1) is 13.8. The normalized spacial score (nSPS) is 19.6. The topological polar surface area (TPSA) is 18.5 Å². The molecule has 0 amide bonds. The highest BCUT2D eigenvalue weighted by molar-refractivity contribution is 9.11. The van der Waals surface area contributed by atoms with Gasteiger partial charge in [0, 0.05) is 17.9 Å². The van der Waals surface area contributed by atoms with Crippen LogP contribution in [0.3, 0.4) is 0 Å². The first-order valence-electron chi connectivity index (χ1n) is 5.45. The van der Waals surface area contributed by atoms with Gasteiger partial charge in [-0.1, -0.05) is 15.9 Å². The van der Waals surface area contributed by atoms with E-state index in [0.717, 1.165) is 39.7 Å². The zero-order chi connectivity index (χ0) is 12.3.